The molecule has 0 bridgehead atoms. The lowest BCUT2D eigenvalue weighted by molar-refractivity contribution is 0.407. The lowest BCUT2D eigenvalue weighted by Crippen LogP contribution is -2.33. The van der Waals surface area contributed by atoms with E-state index in [9.17, 15) is 8.42 Å². The maximum atomic E-state index is 12.6. The molecule has 6 heteroatoms. The van der Waals surface area contributed by atoms with Gasteiger partial charge in [0.2, 0.25) is 10.0 Å². The molecule has 0 aliphatic carbocycles. The number of methoxy groups -OCH3 is 1. The molecule has 0 unspecified atom stereocenters. The van der Waals surface area contributed by atoms with Crippen LogP contribution in [0.4, 0.5) is 0 Å². The third-order valence-corrected chi connectivity index (χ3v) is 5.34. The van der Waals surface area contributed by atoms with Gasteiger partial charge in [-0.2, -0.15) is 4.31 Å². The highest BCUT2D eigenvalue weighted by Crippen LogP contribution is 2.25. The molecule has 1 aliphatic rings. The zero-order valence-corrected chi connectivity index (χ0v) is 13.3. The first kappa shape index (κ1) is 16.0. The lowest BCUT2D eigenvalue weighted by Gasteiger charge is -2.23. The van der Waals surface area contributed by atoms with Gasteiger partial charge in [0.25, 0.3) is 0 Å². The minimum absolute atomic E-state index is 0.325. The summed E-state index contributed by atoms with van der Waals surface area (Å²) in [5.41, 5.74) is 0.855. The fourth-order valence-electron chi connectivity index (χ4n) is 2.30. The summed E-state index contributed by atoms with van der Waals surface area (Å²) in [5.74, 6) is 0.702. The van der Waals surface area contributed by atoms with Crippen molar-refractivity contribution in [3.8, 4) is 5.75 Å². The number of rotatable bonds is 6. The zero-order chi connectivity index (χ0) is 15.3. The molecule has 0 radical (unpaired) electrons. The van der Waals surface area contributed by atoms with E-state index in [1.165, 1.54) is 4.31 Å². The molecule has 0 aromatic heterocycles. The van der Waals surface area contributed by atoms with Crippen molar-refractivity contribution >= 4 is 10.0 Å². The van der Waals surface area contributed by atoms with Gasteiger partial charge in [-0.3, -0.25) is 0 Å². The Bertz CT molecular complexity index is 611. The Kier molecular flexibility index (Phi) is 5.39. The van der Waals surface area contributed by atoms with E-state index in [4.69, 9.17) is 4.74 Å². The largest absolute Gasteiger partial charge is 0.496 e. The molecule has 5 nitrogen and oxygen atoms in total. The highest BCUT2D eigenvalue weighted by atomic mass is 32.2. The van der Waals surface area contributed by atoms with Gasteiger partial charge in [0.15, 0.2) is 0 Å². The van der Waals surface area contributed by atoms with E-state index in [-0.39, 0.29) is 0 Å². The van der Waals surface area contributed by atoms with E-state index < -0.39 is 10.0 Å². The molecular formula is C15H22N2O3S. The Hall–Kier alpha value is -1.37. The Morgan fingerprint density at radius 1 is 1.33 bits per heavy atom. The number of hydrogen-bond acceptors (Lipinski definition) is 4. The van der Waals surface area contributed by atoms with Gasteiger partial charge in [-0.15, -0.1) is 0 Å². The third kappa shape index (κ3) is 3.64. The Balaban J connectivity index is 2.32. The molecule has 1 heterocycles. The molecule has 0 amide bonds. The topological polar surface area (TPSA) is 58.6 Å². The van der Waals surface area contributed by atoms with Crippen LogP contribution in [0.5, 0.6) is 5.75 Å². The first-order chi connectivity index (χ1) is 10.1. The molecule has 1 aliphatic heterocycles. The molecule has 21 heavy (non-hydrogen) atoms. The normalized spacial score (nSPS) is 16.1. The van der Waals surface area contributed by atoms with Crippen molar-refractivity contribution in [1.82, 2.24) is 9.62 Å². The van der Waals surface area contributed by atoms with E-state index in [0.29, 0.717) is 30.3 Å². The van der Waals surface area contributed by atoms with Crippen molar-refractivity contribution in [2.75, 3.05) is 26.7 Å². The van der Waals surface area contributed by atoms with Gasteiger partial charge in [-0.25, -0.2) is 8.42 Å². The van der Waals surface area contributed by atoms with Crippen LogP contribution in [0, 0.1) is 0 Å². The fourth-order valence-corrected chi connectivity index (χ4v) is 3.76. The summed E-state index contributed by atoms with van der Waals surface area (Å²) in [5, 5.41) is 3.20. The minimum atomic E-state index is -3.44. The van der Waals surface area contributed by atoms with Crippen molar-refractivity contribution in [2.45, 2.75) is 24.8 Å². The van der Waals surface area contributed by atoms with Gasteiger partial charge in [0.1, 0.15) is 5.75 Å². The van der Waals surface area contributed by atoms with Crippen LogP contribution in [0.1, 0.15) is 18.9 Å². The molecule has 0 saturated carbocycles. The summed E-state index contributed by atoms with van der Waals surface area (Å²) in [6, 6.07) is 5.04. The van der Waals surface area contributed by atoms with Crippen molar-refractivity contribution in [3.05, 3.63) is 35.9 Å². The summed E-state index contributed by atoms with van der Waals surface area (Å²) in [7, 11) is -1.84. The van der Waals surface area contributed by atoms with Crippen LogP contribution in [0.2, 0.25) is 0 Å². The lowest BCUT2D eigenvalue weighted by atomic mass is 10.2. The predicted octanol–water partition coefficient (Wildman–Crippen LogP) is 1.76. The SMILES string of the molecule is CCNCc1cc(S(=O)(=O)N2CC=CCC2)ccc1OC. The second-order valence-corrected chi connectivity index (χ2v) is 6.82. The molecule has 1 aromatic carbocycles. The van der Waals surface area contributed by atoms with Gasteiger partial charge in [-0.05, 0) is 31.2 Å². The molecule has 0 fully saturated rings. The van der Waals surface area contributed by atoms with Gasteiger partial charge in [0, 0.05) is 25.2 Å². The Labute approximate surface area is 126 Å². The number of benzene rings is 1. The van der Waals surface area contributed by atoms with Crippen molar-refractivity contribution < 1.29 is 13.2 Å². The van der Waals surface area contributed by atoms with Crippen LogP contribution in [-0.2, 0) is 16.6 Å². The predicted molar refractivity (Wildman–Crippen MR) is 82.9 cm³/mol. The van der Waals surface area contributed by atoms with Gasteiger partial charge in [-0.1, -0.05) is 19.1 Å². The zero-order valence-electron chi connectivity index (χ0n) is 12.5. The van der Waals surface area contributed by atoms with E-state index in [2.05, 4.69) is 5.32 Å². The molecule has 2 rings (SSSR count). The molecule has 1 aromatic rings. The summed E-state index contributed by atoms with van der Waals surface area (Å²) in [4.78, 5) is 0.325. The van der Waals surface area contributed by atoms with Crippen molar-refractivity contribution in [2.24, 2.45) is 0 Å². The molecule has 0 atom stereocenters. The molecule has 116 valence electrons. The third-order valence-electron chi connectivity index (χ3n) is 3.48. The first-order valence-corrected chi connectivity index (χ1v) is 8.56. The maximum Gasteiger partial charge on any atom is 0.243 e. The van der Waals surface area contributed by atoms with Crippen LogP contribution in [0.15, 0.2) is 35.2 Å². The summed E-state index contributed by atoms with van der Waals surface area (Å²) < 4.78 is 32.1. The quantitative estimate of drug-likeness (QED) is 0.813. The Morgan fingerprint density at radius 3 is 2.76 bits per heavy atom. The average Bonchev–Trinajstić information content (AvgIpc) is 2.53. The second-order valence-electron chi connectivity index (χ2n) is 4.88. The summed E-state index contributed by atoms with van der Waals surface area (Å²) in [6.07, 6.45) is 4.67. The van der Waals surface area contributed by atoms with E-state index in [1.54, 1.807) is 25.3 Å². The monoisotopic (exact) mass is 310 g/mol. The fraction of sp³-hybridized carbons (Fsp3) is 0.467. The average molecular weight is 310 g/mol. The molecule has 0 saturated heterocycles. The first-order valence-electron chi connectivity index (χ1n) is 7.12. The highest BCUT2D eigenvalue weighted by molar-refractivity contribution is 7.89. The smallest absolute Gasteiger partial charge is 0.243 e. The molecule has 0 spiro atoms. The van der Waals surface area contributed by atoms with Crippen molar-refractivity contribution in [1.29, 1.82) is 0 Å². The van der Waals surface area contributed by atoms with Crippen LogP contribution in [-0.4, -0.2) is 39.5 Å². The van der Waals surface area contributed by atoms with Gasteiger partial charge < -0.3 is 10.1 Å². The van der Waals surface area contributed by atoms with Crippen LogP contribution in [0.3, 0.4) is 0 Å². The number of nitrogens with zero attached hydrogens (tertiary/aromatic N) is 1. The van der Waals surface area contributed by atoms with Crippen LogP contribution >= 0.6 is 0 Å². The number of hydrogen-bond donors (Lipinski definition) is 1. The minimum Gasteiger partial charge on any atom is -0.496 e. The summed E-state index contributed by atoms with van der Waals surface area (Å²) in [6.45, 7) is 4.39. The van der Waals surface area contributed by atoms with Crippen molar-refractivity contribution in [3.63, 3.8) is 0 Å². The van der Waals surface area contributed by atoms with Gasteiger partial charge >= 0.3 is 0 Å². The van der Waals surface area contributed by atoms with E-state index in [0.717, 1.165) is 18.5 Å². The van der Waals surface area contributed by atoms with E-state index in [1.807, 2.05) is 19.1 Å². The maximum absolute atomic E-state index is 12.6. The molecule has 1 N–H and O–H groups in total. The van der Waals surface area contributed by atoms with Gasteiger partial charge in [0.05, 0.1) is 12.0 Å². The van der Waals surface area contributed by atoms with Crippen LogP contribution in [0.25, 0.3) is 0 Å². The number of ether oxygens (including phenoxy) is 1. The summed E-state index contributed by atoms with van der Waals surface area (Å²) >= 11 is 0. The second kappa shape index (κ2) is 7.06. The number of sulfonamides is 1. The highest BCUT2D eigenvalue weighted by Gasteiger charge is 2.25. The molecular weight excluding hydrogens is 288 g/mol. The standard InChI is InChI=1S/C15H22N2O3S/c1-3-16-12-13-11-14(7-8-15(13)20-2)21(18,19)17-9-5-4-6-10-17/h4-5,7-8,11,16H,3,6,9-10,12H2,1-2H3. The van der Waals surface area contributed by atoms with Crippen LogP contribution < -0.4 is 10.1 Å². The Morgan fingerprint density at radius 2 is 2.14 bits per heavy atom. The van der Waals surface area contributed by atoms with E-state index >= 15 is 0 Å². The number of nitrogens with one attached hydrogen (secondary N) is 1.